The highest BCUT2D eigenvalue weighted by Gasteiger charge is 2.64. The van der Waals surface area contributed by atoms with Crippen molar-refractivity contribution in [2.24, 2.45) is 17.6 Å². The number of ether oxygens (including phenoxy) is 1. The molecule has 0 aromatic heterocycles. The van der Waals surface area contributed by atoms with Gasteiger partial charge in [-0.2, -0.15) is 13.2 Å². The number of halogens is 3. The number of alkyl halides is 3. The van der Waals surface area contributed by atoms with Gasteiger partial charge in [0.15, 0.2) is 11.4 Å². The van der Waals surface area contributed by atoms with Crippen molar-refractivity contribution in [2.75, 3.05) is 13.2 Å². The number of phenolic OH excluding ortho intramolecular Hbond substituents is 1. The van der Waals surface area contributed by atoms with Crippen molar-refractivity contribution in [3.8, 4) is 5.75 Å². The van der Waals surface area contributed by atoms with E-state index in [9.17, 15) is 48.0 Å². The summed E-state index contributed by atoms with van der Waals surface area (Å²) >= 11 is 0. The molecule has 0 spiro atoms. The first kappa shape index (κ1) is 26.2. The van der Waals surface area contributed by atoms with Crippen molar-refractivity contribution in [2.45, 2.75) is 49.5 Å². The molecular weight excluding hydrogens is 513 g/mol. The number of aromatic hydroxyl groups is 1. The number of nitrogens with one attached hydrogen (secondary N) is 1. The Morgan fingerprint density at radius 3 is 2.39 bits per heavy atom. The van der Waals surface area contributed by atoms with Crippen molar-refractivity contribution in [3.05, 3.63) is 45.7 Å². The minimum atomic E-state index is -4.83. The van der Waals surface area contributed by atoms with Crippen molar-refractivity contribution in [1.82, 2.24) is 5.32 Å². The maximum Gasteiger partial charge on any atom is 0.416 e. The lowest BCUT2D eigenvalue weighted by Crippen LogP contribution is -2.67. The minimum Gasteiger partial charge on any atom is -0.508 e. The number of primary amides is 1. The lowest BCUT2D eigenvalue weighted by atomic mass is 9.57. The fraction of sp³-hybridized carbons (Fsp3) is 0.480. The predicted molar refractivity (Wildman–Crippen MR) is 123 cm³/mol. The number of Topliss-reactive ketones (excluding diaryl/α,β-unsaturated/α-hetero) is 2. The second-order valence-corrected chi connectivity index (χ2v) is 10.1. The van der Waals surface area contributed by atoms with E-state index in [1.807, 2.05) is 0 Å². The van der Waals surface area contributed by atoms with Gasteiger partial charge in [0, 0.05) is 30.7 Å². The maximum atomic E-state index is 13.8. The van der Waals surface area contributed by atoms with Gasteiger partial charge in [-0.15, -0.1) is 0 Å². The number of carbonyl (C=O) groups is 3. The lowest BCUT2D eigenvalue weighted by molar-refractivity contribution is -0.151. The van der Waals surface area contributed by atoms with Crippen molar-refractivity contribution < 1.29 is 52.7 Å². The molecule has 204 valence electrons. The fourth-order valence-electron chi connectivity index (χ4n) is 6.25. The normalized spacial score (nSPS) is 30.2. The average molecular weight is 538 g/mol. The largest absolute Gasteiger partial charge is 0.508 e. The van der Waals surface area contributed by atoms with Crippen molar-refractivity contribution in [3.63, 3.8) is 0 Å². The molecule has 10 nitrogen and oxygen atoms in total. The topological polar surface area (TPSA) is 179 Å². The van der Waals surface area contributed by atoms with Crippen LogP contribution in [0.2, 0.25) is 0 Å². The second-order valence-electron chi connectivity index (χ2n) is 10.1. The Morgan fingerprint density at radius 2 is 1.79 bits per heavy atom. The Kier molecular flexibility index (Phi) is 6.08. The first-order chi connectivity index (χ1) is 17.8. The van der Waals surface area contributed by atoms with Gasteiger partial charge in [0.05, 0.1) is 17.2 Å². The summed E-state index contributed by atoms with van der Waals surface area (Å²) in [5.74, 6) is -9.09. The number of fused-ring (bicyclic) bond motifs is 3. The second kappa shape index (κ2) is 8.82. The van der Waals surface area contributed by atoms with Crippen LogP contribution >= 0.6 is 0 Å². The highest BCUT2D eigenvalue weighted by Crippen LogP contribution is 2.53. The third-order valence-corrected chi connectivity index (χ3v) is 8.02. The molecule has 1 saturated heterocycles. The van der Waals surface area contributed by atoms with E-state index in [0.29, 0.717) is 32.1 Å². The first-order valence-electron chi connectivity index (χ1n) is 12.0. The number of nitrogens with two attached hydrogens (primary N) is 1. The molecule has 1 amide bonds. The zero-order valence-electron chi connectivity index (χ0n) is 19.8. The number of hydrogen-bond donors (Lipinski definition) is 6. The smallest absolute Gasteiger partial charge is 0.416 e. The summed E-state index contributed by atoms with van der Waals surface area (Å²) in [4.78, 5) is 39.2. The number of rotatable bonds is 3. The highest BCUT2D eigenvalue weighted by atomic mass is 19.4. The van der Waals surface area contributed by atoms with Crippen molar-refractivity contribution >= 4 is 23.2 Å². The highest BCUT2D eigenvalue weighted by molar-refractivity contribution is 6.24. The van der Waals surface area contributed by atoms with Gasteiger partial charge in [-0.3, -0.25) is 14.4 Å². The van der Waals surface area contributed by atoms with Gasteiger partial charge in [-0.25, -0.2) is 0 Å². The zero-order chi connectivity index (χ0) is 27.7. The molecule has 1 aliphatic heterocycles. The van der Waals surface area contributed by atoms with E-state index in [2.05, 4.69) is 5.32 Å². The number of aliphatic hydroxyl groups is 3. The van der Waals surface area contributed by atoms with Crippen LogP contribution in [0.15, 0.2) is 29.0 Å². The maximum absolute atomic E-state index is 13.8. The summed E-state index contributed by atoms with van der Waals surface area (Å²) in [5, 5.41) is 46.8. The molecule has 0 bridgehead atoms. The third kappa shape index (κ3) is 3.71. The van der Waals surface area contributed by atoms with Gasteiger partial charge in [-0.05, 0) is 49.3 Å². The number of ketones is 2. The molecule has 7 N–H and O–H groups in total. The fourth-order valence-corrected chi connectivity index (χ4v) is 6.25. The van der Waals surface area contributed by atoms with Crippen LogP contribution in [0.1, 0.15) is 36.0 Å². The molecule has 4 atom stereocenters. The minimum absolute atomic E-state index is 0.309. The van der Waals surface area contributed by atoms with Gasteiger partial charge in [-0.1, -0.05) is 0 Å². The van der Waals surface area contributed by atoms with E-state index in [-0.39, 0.29) is 12.5 Å². The predicted octanol–water partition coefficient (Wildman–Crippen LogP) is 1.19. The van der Waals surface area contributed by atoms with Crippen LogP contribution in [0.4, 0.5) is 13.2 Å². The van der Waals surface area contributed by atoms with Gasteiger partial charge in [0.2, 0.25) is 5.78 Å². The molecule has 1 saturated carbocycles. The molecular formula is C25H25F3N2O8. The summed E-state index contributed by atoms with van der Waals surface area (Å²) in [7, 11) is 0. The Labute approximate surface area is 213 Å². The van der Waals surface area contributed by atoms with Gasteiger partial charge in [0.25, 0.3) is 5.91 Å². The summed E-state index contributed by atoms with van der Waals surface area (Å²) in [6.07, 6.45) is -4.67. The van der Waals surface area contributed by atoms with E-state index in [1.165, 1.54) is 0 Å². The monoisotopic (exact) mass is 538 g/mol. The molecule has 3 aliphatic carbocycles. The Bertz CT molecular complexity index is 1310. The number of phenols is 1. The quantitative estimate of drug-likeness (QED) is 0.308. The van der Waals surface area contributed by atoms with Gasteiger partial charge >= 0.3 is 6.18 Å². The Morgan fingerprint density at radius 1 is 1.13 bits per heavy atom. The van der Waals surface area contributed by atoms with Crippen LogP contribution in [-0.4, -0.2) is 68.8 Å². The van der Waals surface area contributed by atoms with E-state index >= 15 is 0 Å². The van der Waals surface area contributed by atoms with E-state index in [0.717, 1.165) is 6.07 Å². The van der Waals surface area contributed by atoms with Crippen molar-refractivity contribution in [1.29, 1.82) is 0 Å². The molecule has 1 heterocycles. The molecule has 1 aromatic carbocycles. The standard InChI is InChI=1S/C25H25F3N2O8/c26-25(27,28)12-1-2-14(31)16-11(12)7-9-8-13-18(30-10-3-5-38-6-4-10)20(33)17(23(29)36)22(35)24(13,37)21(34)15(9)19(16)32/h1-2,9-10,13,18,30-32,35,37H,3-8H2,(H2,29,36)/t9-,13-,18+,24-/m0/s1. The first-order valence-corrected chi connectivity index (χ1v) is 12.0. The van der Waals surface area contributed by atoms with E-state index < -0.39 is 98.7 Å². The molecule has 2 fully saturated rings. The van der Waals surface area contributed by atoms with Crippen LogP contribution in [0, 0.1) is 11.8 Å². The molecule has 1 aromatic rings. The summed E-state index contributed by atoms with van der Waals surface area (Å²) in [6, 6.07) is -0.306. The van der Waals surface area contributed by atoms with Crippen LogP contribution in [-0.2, 0) is 31.7 Å². The van der Waals surface area contributed by atoms with Crippen LogP contribution in [0.3, 0.4) is 0 Å². The number of amides is 1. The van der Waals surface area contributed by atoms with Gasteiger partial charge < -0.3 is 36.2 Å². The number of hydrogen-bond acceptors (Lipinski definition) is 9. The van der Waals surface area contributed by atoms with E-state index in [1.54, 1.807) is 0 Å². The number of carbonyl (C=O) groups excluding carboxylic acids is 3. The van der Waals surface area contributed by atoms with Crippen LogP contribution in [0.25, 0.3) is 5.76 Å². The zero-order valence-corrected chi connectivity index (χ0v) is 19.8. The lowest BCUT2D eigenvalue weighted by Gasteiger charge is -2.49. The third-order valence-electron chi connectivity index (χ3n) is 8.02. The molecule has 38 heavy (non-hydrogen) atoms. The summed E-state index contributed by atoms with van der Waals surface area (Å²) in [5.41, 5.74) is -1.20. The number of benzene rings is 1. The number of aliphatic hydroxyl groups excluding tert-OH is 2. The average Bonchev–Trinajstić information content (AvgIpc) is 2.83. The van der Waals surface area contributed by atoms with Gasteiger partial charge in [0.1, 0.15) is 22.8 Å². The molecule has 0 radical (unpaired) electrons. The van der Waals surface area contributed by atoms with E-state index in [4.69, 9.17) is 10.5 Å². The molecule has 5 rings (SSSR count). The Balaban J connectivity index is 1.68. The molecule has 13 heteroatoms. The molecule has 4 aliphatic rings. The summed E-state index contributed by atoms with van der Waals surface area (Å²) < 4.78 is 46.6. The van der Waals surface area contributed by atoms with Crippen LogP contribution in [0.5, 0.6) is 5.75 Å². The SMILES string of the molecule is NC(=O)C1=C(O)[C@@]2(O)C(=O)C3=C(O)c4c(O)ccc(C(F)(F)F)c4C[C@H]3C[C@H]2[C@@H](NC2CCOCC2)C1=O. The Hall–Kier alpha value is -3.42. The molecule has 0 unspecified atom stereocenters. The van der Waals surface area contributed by atoms with Crippen LogP contribution < -0.4 is 11.1 Å². The summed E-state index contributed by atoms with van der Waals surface area (Å²) in [6.45, 7) is 0.722.